The van der Waals surface area contributed by atoms with Crippen LogP contribution in [0.4, 0.5) is 10.5 Å². The number of ether oxygens (including phenoxy) is 1. The van der Waals surface area contributed by atoms with Gasteiger partial charge in [0.25, 0.3) is 5.91 Å². The highest BCUT2D eigenvalue weighted by atomic mass is 16.6. The van der Waals surface area contributed by atoms with Gasteiger partial charge in [-0.15, -0.1) is 0 Å². The Balaban J connectivity index is 1.66. The lowest BCUT2D eigenvalue weighted by molar-refractivity contribution is 0.0560. The average Bonchev–Trinajstić information content (AvgIpc) is 2.71. The molecule has 1 fully saturated rings. The Kier molecular flexibility index (Phi) is 6.11. The van der Waals surface area contributed by atoms with Gasteiger partial charge in [-0.3, -0.25) is 9.79 Å². The van der Waals surface area contributed by atoms with E-state index in [-0.39, 0.29) is 12.0 Å². The molecule has 0 aromatic heterocycles. The van der Waals surface area contributed by atoms with Gasteiger partial charge in [-0.2, -0.15) is 0 Å². The molecule has 2 heterocycles. The average molecular weight is 372 g/mol. The van der Waals surface area contributed by atoms with E-state index in [1.165, 1.54) is 0 Å². The van der Waals surface area contributed by atoms with Crippen molar-refractivity contribution in [2.45, 2.75) is 32.6 Å². The van der Waals surface area contributed by atoms with Crippen molar-refractivity contribution in [2.24, 2.45) is 10.7 Å². The number of benzene rings is 1. The second-order valence-corrected chi connectivity index (χ2v) is 7.15. The first-order valence-corrected chi connectivity index (χ1v) is 9.65. The molecule has 2 aliphatic heterocycles. The van der Waals surface area contributed by atoms with Gasteiger partial charge in [0, 0.05) is 44.0 Å². The number of amides is 2. The van der Waals surface area contributed by atoms with Crippen molar-refractivity contribution in [1.82, 2.24) is 9.80 Å². The fourth-order valence-corrected chi connectivity index (χ4v) is 3.55. The van der Waals surface area contributed by atoms with Crippen LogP contribution in [0.5, 0.6) is 0 Å². The van der Waals surface area contributed by atoms with Crippen LogP contribution in [0.2, 0.25) is 0 Å². The standard InChI is InChI=1S/C20H28N4O3/c1-3-10-27-20(26)24-8-6-23(7-9-24)19(25)15-4-5-17-14(2)11-16(13-21)22-18(17)12-15/h4-5,12,14H,3,6-11,13,21H2,1-2H3. The molecule has 1 aromatic carbocycles. The maximum atomic E-state index is 12.9. The molecule has 2 amide bonds. The van der Waals surface area contributed by atoms with Crippen molar-refractivity contribution in [2.75, 3.05) is 39.3 Å². The molecule has 1 saturated heterocycles. The Hall–Kier alpha value is -2.41. The summed E-state index contributed by atoms with van der Waals surface area (Å²) in [5.41, 5.74) is 9.37. The van der Waals surface area contributed by atoms with E-state index in [4.69, 9.17) is 10.5 Å². The second kappa shape index (κ2) is 8.52. The Morgan fingerprint density at radius 2 is 1.93 bits per heavy atom. The maximum absolute atomic E-state index is 12.9. The van der Waals surface area contributed by atoms with Crippen molar-refractivity contribution in [3.05, 3.63) is 29.3 Å². The topological polar surface area (TPSA) is 88.2 Å². The molecule has 1 unspecified atom stereocenters. The molecule has 1 aromatic rings. The lowest BCUT2D eigenvalue weighted by Crippen LogP contribution is -2.50. The molecule has 1 atom stereocenters. The van der Waals surface area contributed by atoms with Crippen LogP contribution < -0.4 is 5.73 Å². The molecule has 2 aliphatic rings. The Labute approximate surface area is 160 Å². The summed E-state index contributed by atoms with van der Waals surface area (Å²) in [6, 6.07) is 5.75. The van der Waals surface area contributed by atoms with Gasteiger partial charge < -0.3 is 20.3 Å². The van der Waals surface area contributed by atoms with Gasteiger partial charge in [0.05, 0.1) is 12.3 Å². The van der Waals surface area contributed by atoms with Crippen LogP contribution in [-0.4, -0.2) is 66.8 Å². The van der Waals surface area contributed by atoms with Crippen LogP contribution >= 0.6 is 0 Å². The lowest BCUT2D eigenvalue weighted by Gasteiger charge is -2.34. The molecular formula is C20H28N4O3. The van der Waals surface area contributed by atoms with Crippen LogP contribution in [0, 0.1) is 0 Å². The first kappa shape index (κ1) is 19.4. The normalized spacial score (nSPS) is 19.4. The predicted octanol–water partition coefficient (Wildman–Crippen LogP) is 2.53. The van der Waals surface area contributed by atoms with Crippen LogP contribution in [-0.2, 0) is 4.74 Å². The minimum atomic E-state index is -0.296. The van der Waals surface area contributed by atoms with Gasteiger partial charge in [0.15, 0.2) is 0 Å². The number of hydrogen-bond donors (Lipinski definition) is 1. The molecule has 0 saturated carbocycles. The van der Waals surface area contributed by atoms with Gasteiger partial charge >= 0.3 is 6.09 Å². The number of aliphatic imine (C=N–C) groups is 1. The van der Waals surface area contributed by atoms with Crippen molar-refractivity contribution in [3.63, 3.8) is 0 Å². The van der Waals surface area contributed by atoms with Gasteiger partial charge in [-0.1, -0.05) is 19.9 Å². The fraction of sp³-hybridized carbons (Fsp3) is 0.550. The Morgan fingerprint density at radius 1 is 1.22 bits per heavy atom. The van der Waals surface area contributed by atoms with Crippen molar-refractivity contribution in [3.8, 4) is 0 Å². The summed E-state index contributed by atoms with van der Waals surface area (Å²) in [5.74, 6) is 0.333. The molecule has 0 spiro atoms. The third-order valence-electron chi connectivity index (χ3n) is 5.12. The third kappa shape index (κ3) is 4.30. The highest BCUT2D eigenvalue weighted by Gasteiger charge is 2.27. The van der Waals surface area contributed by atoms with E-state index in [0.29, 0.717) is 50.8 Å². The summed E-state index contributed by atoms with van der Waals surface area (Å²) >= 11 is 0. The van der Waals surface area contributed by atoms with Crippen LogP contribution in [0.15, 0.2) is 23.2 Å². The zero-order valence-corrected chi connectivity index (χ0v) is 16.1. The van der Waals surface area contributed by atoms with Crippen molar-refractivity contribution < 1.29 is 14.3 Å². The van der Waals surface area contributed by atoms with Crippen molar-refractivity contribution in [1.29, 1.82) is 0 Å². The molecule has 7 heteroatoms. The number of rotatable bonds is 4. The largest absolute Gasteiger partial charge is 0.449 e. The number of piperazine rings is 1. The first-order valence-electron chi connectivity index (χ1n) is 9.65. The molecular weight excluding hydrogens is 344 g/mol. The van der Waals surface area contributed by atoms with Gasteiger partial charge in [0.2, 0.25) is 0 Å². The molecule has 7 nitrogen and oxygen atoms in total. The number of carbonyl (C=O) groups is 2. The maximum Gasteiger partial charge on any atom is 0.409 e. The quantitative estimate of drug-likeness (QED) is 0.880. The van der Waals surface area contributed by atoms with E-state index in [1.54, 1.807) is 9.80 Å². The molecule has 2 N–H and O–H groups in total. The number of hydrogen-bond acceptors (Lipinski definition) is 5. The molecule has 0 bridgehead atoms. The number of fused-ring (bicyclic) bond motifs is 1. The van der Waals surface area contributed by atoms with Gasteiger partial charge in [-0.05, 0) is 36.5 Å². The summed E-state index contributed by atoms with van der Waals surface area (Å²) < 4.78 is 5.16. The molecule has 27 heavy (non-hydrogen) atoms. The number of nitrogens with zero attached hydrogens (tertiary/aromatic N) is 3. The van der Waals surface area contributed by atoms with E-state index in [2.05, 4.69) is 11.9 Å². The van der Waals surface area contributed by atoms with Crippen LogP contribution in [0.1, 0.15) is 48.5 Å². The zero-order valence-electron chi connectivity index (χ0n) is 16.1. The molecule has 146 valence electrons. The minimum Gasteiger partial charge on any atom is -0.449 e. The minimum absolute atomic E-state index is 0.0258. The highest BCUT2D eigenvalue weighted by molar-refractivity contribution is 5.97. The Morgan fingerprint density at radius 3 is 2.59 bits per heavy atom. The molecule has 3 rings (SSSR count). The van der Waals surface area contributed by atoms with E-state index in [9.17, 15) is 9.59 Å². The number of carbonyl (C=O) groups excluding carboxylic acids is 2. The fourth-order valence-electron chi connectivity index (χ4n) is 3.55. The van der Waals surface area contributed by atoms with E-state index in [1.807, 2.05) is 25.1 Å². The second-order valence-electron chi connectivity index (χ2n) is 7.15. The van der Waals surface area contributed by atoms with E-state index in [0.717, 1.165) is 29.8 Å². The molecule has 0 aliphatic carbocycles. The lowest BCUT2D eigenvalue weighted by atomic mass is 9.90. The van der Waals surface area contributed by atoms with Gasteiger partial charge in [-0.25, -0.2) is 4.79 Å². The first-order chi connectivity index (χ1) is 13.0. The van der Waals surface area contributed by atoms with Crippen molar-refractivity contribution >= 4 is 23.4 Å². The monoisotopic (exact) mass is 372 g/mol. The number of nitrogens with two attached hydrogens (primary N) is 1. The summed E-state index contributed by atoms with van der Waals surface area (Å²) in [4.78, 5) is 32.9. The summed E-state index contributed by atoms with van der Waals surface area (Å²) in [6.07, 6.45) is 1.37. The summed E-state index contributed by atoms with van der Waals surface area (Å²) in [5, 5.41) is 0. The van der Waals surface area contributed by atoms with Crippen LogP contribution in [0.25, 0.3) is 0 Å². The Bertz CT molecular complexity index is 739. The molecule has 0 radical (unpaired) electrons. The van der Waals surface area contributed by atoms with E-state index >= 15 is 0 Å². The highest BCUT2D eigenvalue weighted by Crippen LogP contribution is 2.35. The third-order valence-corrected chi connectivity index (χ3v) is 5.12. The smallest absolute Gasteiger partial charge is 0.409 e. The SMILES string of the molecule is CCCOC(=O)N1CCN(C(=O)c2ccc3c(c2)N=C(CN)CC3C)CC1. The summed E-state index contributed by atoms with van der Waals surface area (Å²) in [7, 11) is 0. The van der Waals surface area contributed by atoms with Crippen LogP contribution in [0.3, 0.4) is 0 Å². The summed E-state index contributed by atoms with van der Waals surface area (Å²) in [6.45, 7) is 6.98. The zero-order chi connectivity index (χ0) is 19.4. The van der Waals surface area contributed by atoms with E-state index < -0.39 is 0 Å². The predicted molar refractivity (Wildman–Crippen MR) is 105 cm³/mol. The van der Waals surface area contributed by atoms with Gasteiger partial charge in [0.1, 0.15) is 0 Å².